The number of ketones is 1. The molecule has 0 amide bonds. The Balaban J connectivity index is 2.12. The number of rotatable bonds is 3. The SMILES string of the molecule is Nc1ccc(C(=O)/C=C\c2ccccn2)cc1. The molecule has 0 spiro atoms. The largest absolute Gasteiger partial charge is 0.399 e. The number of pyridine rings is 1. The minimum Gasteiger partial charge on any atom is -0.399 e. The van der Waals surface area contributed by atoms with Gasteiger partial charge in [-0.05, 0) is 48.6 Å². The lowest BCUT2D eigenvalue weighted by Crippen LogP contribution is -1.94. The number of carbonyl (C=O) groups is 1. The molecule has 0 bridgehead atoms. The van der Waals surface area contributed by atoms with Crippen molar-refractivity contribution in [3.63, 3.8) is 0 Å². The molecule has 0 saturated carbocycles. The second-order valence-corrected chi connectivity index (χ2v) is 3.57. The molecule has 0 aliphatic carbocycles. The van der Waals surface area contributed by atoms with Crippen LogP contribution in [0.25, 0.3) is 6.08 Å². The molecular formula is C14H12N2O. The predicted octanol–water partition coefficient (Wildman–Crippen LogP) is 2.56. The molecule has 1 heterocycles. The predicted molar refractivity (Wildman–Crippen MR) is 68.5 cm³/mol. The van der Waals surface area contributed by atoms with Crippen molar-refractivity contribution in [1.82, 2.24) is 4.98 Å². The molecular weight excluding hydrogens is 212 g/mol. The minimum atomic E-state index is -0.0596. The fourth-order valence-electron chi connectivity index (χ4n) is 1.38. The molecule has 3 heteroatoms. The number of carbonyl (C=O) groups excluding carboxylic acids is 1. The fraction of sp³-hybridized carbons (Fsp3) is 0. The molecule has 0 unspecified atom stereocenters. The van der Waals surface area contributed by atoms with E-state index in [-0.39, 0.29) is 5.78 Å². The van der Waals surface area contributed by atoms with E-state index in [2.05, 4.69) is 4.98 Å². The Labute approximate surface area is 99.6 Å². The average molecular weight is 224 g/mol. The Bertz CT molecular complexity index is 530. The van der Waals surface area contributed by atoms with Gasteiger partial charge in [0.05, 0.1) is 5.69 Å². The van der Waals surface area contributed by atoms with Crippen LogP contribution in [0.1, 0.15) is 16.1 Å². The average Bonchev–Trinajstić information content (AvgIpc) is 2.38. The van der Waals surface area contributed by atoms with Crippen LogP contribution in [0.3, 0.4) is 0 Å². The molecule has 0 aliphatic heterocycles. The van der Waals surface area contributed by atoms with Crippen LogP contribution in [0.15, 0.2) is 54.7 Å². The van der Waals surface area contributed by atoms with Gasteiger partial charge in [-0.3, -0.25) is 9.78 Å². The highest BCUT2D eigenvalue weighted by Crippen LogP contribution is 2.07. The molecule has 0 aliphatic rings. The first-order chi connectivity index (χ1) is 8.25. The van der Waals surface area contributed by atoms with E-state index in [0.29, 0.717) is 11.3 Å². The Hall–Kier alpha value is -2.42. The number of allylic oxidation sites excluding steroid dienone is 1. The van der Waals surface area contributed by atoms with Crippen LogP contribution in [-0.2, 0) is 0 Å². The van der Waals surface area contributed by atoms with Gasteiger partial charge in [-0.15, -0.1) is 0 Å². The Kier molecular flexibility index (Phi) is 3.31. The van der Waals surface area contributed by atoms with Crippen LogP contribution in [-0.4, -0.2) is 10.8 Å². The van der Waals surface area contributed by atoms with Crippen LogP contribution in [0, 0.1) is 0 Å². The van der Waals surface area contributed by atoms with Crippen molar-refractivity contribution < 1.29 is 4.79 Å². The smallest absolute Gasteiger partial charge is 0.185 e. The molecule has 3 nitrogen and oxygen atoms in total. The van der Waals surface area contributed by atoms with Crippen molar-refractivity contribution in [1.29, 1.82) is 0 Å². The van der Waals surface area contributed by atoms with Crippen LogP contribution in [0.4, 0.5) is 5.69 Å². The van der Waals surface area contributed by atoms with Gasteiger partial charge in [0.1, 0.15) is 0 Å². The molecule has 1 aromatic carbocycles. The number of nitrogens with zero attached hydrogens (tertiary/aromatic N) is 1. The quantitative estimate of drug-likeness (QED) is 0.495. The van der Waals surface area contributed by atoms with Crippen LogP contribution < -0.4 is 5.73 Å². The number of nitrogens with two attached hydrogens (primary N) is 1. The van der Waals surface area contributed by atoms with E-state index in [9.17, 15) is 4.79 Å². The van der Waals surface area contributed by atoms with E-state index in [0.717, 1.165) is 5.69 Å². The van der Waals surface area contributed by atoms with Crippen molar-refractivity contribution in [3.8, 4) is 0 Å². The lowest BCUT2D eigenvalue weighted by molar-refractivity contribution is 0.104. The van der Waals surface area contributed by atoms with E-state index in [1.807, 2.05) is 18.2 Å². The number of nitrogen functional groups attached to an aromatic ring is 1. The minimum absolute atomic E-state index is 0.0596. The number of benzene rings is 1. The summed E-state index contributed by atoms with van der Waals surface area (Å²) in [5.41, 5.74) is 7.58. The van der Waals surface area contributed by atoms with Crippen LogP contribution >= 0.6 is 0 Å². The third-order valence-corrected chi connectivity index (χ3v) is 2.29. The van der Waals surface area contributed by atoms with E-state index in [1.54, 1.807) is 36.5 Å². The Morgan fingerprint density at radius 2 is 1.88 bits per heavy atom. The van der Waals surface area contributed by atoms with Gasteiger partial charge >= 0.3 is 0 Å². The van der Waals surface area contributed by atoms with Crippen molar-refractivity contribution in [3.05, 3.63) is 66.0 Å². The second kappa shape index (κ2) is 5.07. The highest BCUT2D eigenvalue weighted by Gasteiger charge is 2.00. The Morgan fingerprint density at radius 3 is 2.53 bits per heavy atom. The van der Waals surface area contributed by atoms with E-state index >= 15 is 0 Å². The standard InChI is InChI=1S/C14H12N2O/c15-12-6-4-11(5-7-12)14(17)9-8-13-3-1-2-10-16-13/h1-10H,15H2/b9-8-. The third-order valence-electron chi connectivity index (χ3n) is 2.29. The molecule has 2 N–H and O–H groups in total. The fourth-order valence-corrected chi connectivity index (χ4v) is 1.38. The molecule has 84 valence electrons. The summed E-state index contributed by atoms with van der Waals surface area (Å²) in [6.45, 7) is 0. The summed E-state index contributed by atoms with van der Waals surface area (Å²) in [6.07, 6.45) is 4.89. The number of anilines is 1. The summed E-state index contributed by atoms with van der Waals surface area (Å²) >= 11 is 0. The zero-order valence-corrected chi connectivity index (χ0v) is 9.21. The Morgan fingerprint density at radius 1 is 1.12 bits per heavy atom. The summed E-state index contributed by atoms with van der Waals surface area (Å²) in [5, 5.41) is 0. The van der Waals surface area contributed by atoms with E-state index in [4.69, 9.17) is 5.73 Å². The van der Waals surface area contributed by atoms with Crippen LogP contribution in [0.2, 0.25) is 0 Å². The van der Waals surface area contributed by atoms with Crippen molar-refractivity contribution >= 4 is 17.5 Å². The topological polar surface area (TPSA) is 56.0 Å². The highest BCUT2D eigenvalue weighted by molar-refractivity contribution is 6.06. The maximum atomic E-state index is 11.8. The monoisotopic (exact) mass is 224 g/mol. The summed E-state index contributed by atoms with van der Waals surface area (Å²) < 4.78 is 0. The molecule has 2 aromatic rings. The third kappa shape index (κ3) is 3.01. The molecule has 0 fully saturated rings. The summed E-state index contributed by atoms with van der Waals surface area (Å²) in [6, 6.07) is 12.4. The van der Waals surface area contributed by atoms with Gasteiger partial charge in [0.2, 0.25) is 0 Å². The molecule has 2 rings (SSSR count). The zero-order valence-electron chi connectivity index (χ0n) is 9.21. The first-order valence-corrected chi connectivity index (χ1v) is 5.25. The zero-order chi connectivity index (χ0) is 12.1. The van der Waals surface area contributed by atoms with Crippen molar-refractivity contribution in [2.45, 2.75) is 0 Å². The normalized spacial score (nSPS) is 10.6. The first kappa shape index (κ1) is 11.1. The van der Waals surface area contributed by atoms with E-state index < -0.39 is 0 Å². The number of hydrogen-bond donors (Lipinski definition) is 1. The number of aromatic nitrogens is 1. The van der Waals surface area contributed by atoms with Crippen molar-refractivity contribution in [2.24, 2.45) is 0 Å². The van der Waals surface area contributed by atoms with Gasteiger partial charge < -0.3 is 5.73 Å². The highest BCUT2D eigenvalue weighted by atomic mass is 16.1. The lowest BCUT2D eigenvalue weighted by Gasteiger charge is -1.96. The van der Waals surface area contributed by atoms with Crippen LogP contribution in [0.5, 0.6) is 0 Å². The molecule has 1 aromatic heterocycles. The summed E-state index contributed by atoms with van der Waals surface area (Å²) in [4.78, 5) is 15.9. The second-order valence-electron chi connectivity index (χ2n) is 3.57. The molecule has 0 atom stereocenters. The van der Waals surface area contributed by atoms with Crippen molar-refractivity contribution in [2.75, 3.05) is 5.73 Å². The van der Waals surface area contributed by atoms with Gasteiger partial charge in [0.25, 0.3) is 0 Å². The molecule has 17 heavy (non-hydrogen) atoms. The summed E-state index contributed by atoms with van der Waals surface area (Å²) in [7, 11) is 0. The van der Waals surface area contributed by atoms with Gasteiger partial charge in [0.15, 0.2) is 5.78 Å². The van der Waals surface area contributed by atoms with Gasteiger partial charge in [-0.1, -0.05) is 6.07 Å². The maximum absolute atomic E-state index is 11.8. The lowest BCUT2D eigenvalue weighted by atomic mass is 10.1. The number of hydrogen-bond acceptors (Lipinski definition) is 3. The van der Waals surface area contributed by atoms with Gasteiger partial charge in [-0.2, -0.15) is 0 Å². The summed E-state index contributed by atoms with van der Waals surface area (Å²) in [5.74, 6) is -0.0596. The first-order valence-electron chi connectivity index (χ1n) is 5.25. The molecule has 0 radical (unpaired) electrons. The van der Waals surface area contributed by atoms with Gasteiger partial charge in [0, 0.05) is 17.4 Å². The maximum Gasteiger partial charge on any atom is 0.185 e. The molecule has 0 saturated heterocycles. The van der Waals surface area contributed by atoms with E-state index in [1.165, 1.54) is 6.08 Å². The van der Waals surface area contributed by atoms with Gasteiger partial charge in [-0.25, -0.2) is 0 Å².